The maximum Gasteiger partial charge on any atom is 0.175 e. The summed E-state index contributed by atoms with van der Waals surface area (Å²) in [6.45, 7) is 2.12. The second-order valence-electron chi connectivity index (χ2n) is 4.24. The third-order valence-electron chi connectivity index (χ3n) is 2.80. The lowest BCUT2D eigenvalue weighted by molar-refractivity contribution is 1.14. The average Bonchev–Trinajstić information content (AvgIpc) is 2.43. The average molecular weight is 414 g/mol. The Bertz CT molecular complexity index is 612. The van der Waals surface area contributed by atoms with Crippen LogP contribution < -0.4 is 10.6 Å². The van der Waals surface area contributed by atoms with Gasteiger partial charge in [-0.05, 0) is 66.7 Å². The van der Waals surface area contributed by atoms with Crippen LogP contribution in [0.5, 0.6) is 0 Å². The first kappa shape index (κ1) is 15.5. The minimum Gasteiger partial charge on any atom is -0.332 e. The molecular formula is C15H14Br2N2S. The topological polar surface area (TPSA) is 24.1 Å². The van der Waals surface area contributed by atoms with Crippen molar-refractivity contribution in [3.8, 4) is 0 Å². The van der Waals surface area contributed by atoms with Gasteiger partial charge in [0.15, 0.2) is 5.11 Å². The summed E-state index contributed by atoms with van der Waals surface area (Å²) in [5, 5.41) is 7.00. The van der Waals surface area contributed by atoms with Gasteiger partial charge in [0.2, 0.25) is 0 Å². The number of thiocarbonyl (C=S) groups is 1. The molecule has 2 nitrogen and oxygen atoms in total. The van der Waals surface area contributed by atoms with E-state index in [1.54, 1.807) is 0 Å². The number of aryl methyl sites for hydroxylation is 1. The molecule has 0 unspecified atom stereocenters. The maximum atomic E-state index is 5.35. The summed E-state index contributed by atoms with van der Waals surface area (Å²) in [7, 11) is 0. The van der Waals surface area contributed by atoms with Gasteiger partial charge >= 0.3 is 0 Å². The molecule has 0 amide bonds. The minimum atomic E-state index is 0.587. The summed E-state index contributed by atoms with van der Waals surface area (Å²) in [6, 6.07) is 14.0. The molecule has 0 aromatic heterocycles. The molecule has 2 N–H and O–H groups in total. The molecule has 2 aromatic rings. The Morgan fingerprint density at radius 1 is 1.00 bits per heavy atom. The molecule has 0 aliphatic heterocycles. The lowest BCUT2D eigenvalue weighted by atomic mass is 10.1. The van der Waals surface area contributed by atoms with E-state index in [0.29, 0.717) is 5.11 Å². The summed E-state index contributed by atoms with van der Waals surface area (Å²) in [6.07, 6.45) is 0.947. The first-order chi connectivity index (χ1) is 9.58. The Morgan fingerprint density at radius 2 is 1.65 bits per heavy atom. The van der Waals surface area contributed by atoms with Gasteiger partial charge in [0.1, 0.15) is 0 Å². The van der Waals surface area contributed by atoms with Gasteiger partial charge in [-0.25, -0.2) is 0 Å². The van der Waals surface area contributed by atoms with Crippen LogP contribution in [0.1, 0.15) is 12.5 Å². The number of halogens is 2. The molecule has 0 aliphatic rings. The molecular weight excluding hydrogens is 400 g/mol. The summed E-state index contributed by atoms with van der Waals surface area (Å²) in [4.78, 5) is 0. The van der Waals surface area contributed by atoms with Gasteiger partial charge in [-0.2, -0.15) is 0 Å². The summed E-state index contributed by atoms with van der Waals surface area (Å²) in [5.74, 6) is 0. The van der Waals surface area contributed by atoms with Crippen molar-refractivity contribution in [1.29, 1.82) is 0 Å². The Kier molecular flexibility index (Phi) is 5.57. The second-order valence-corrected chi connectivity index (χ2v) is 6.48. The predicted molar refractivity (Wildman–Crippen MR) is 97.5 cm³/mol. The lowest BCUT2D eigenvalue weighted by Gasteiger charge is -2.14. The Labute approximate surface area is 141 Å². The van der Waals surface area contributed by atoms with Crippen LogP contribution in [0.3, 0.4) is 0 Å². The van der Waals surface area contributed by atoms with Crippen molar-refractivity contribution >= 4 is 60.6 Å². The number of rotatable bonds is 3. The van der Waals surface area contributed by atoms with Crippen LogP contribution in [0.4, 0.5) is 11.4 Å². The van der Waals surface area contributed by atoms with Gasteiger partial charge < -0.3 is 10.6 Å². The standard InChI is InChI=1S/C15H14Br2N2S/c1-2-10-9-12(17)5-8-14(10)19-15(20)18-13-6-3-11(16)4-7-13/h3-9H,2H2,1H3,(H2,18,19,20). The van der Waals surface area contributed by atoms with Crippen LogP contribution in [-0.2, 0) is 6.42 Å². The molecule has 0 saturated carbocycles. The molecule has 5 heteroatoms. The van der Waals surface area contributed by atoms with Gasteiger partial charge in [-0.3, -0.25) is 0 Å². The molecule has 0 saturated heterocycles. The molecule has 0 heterocycles. The zero-order chi connectivity index (χ0) is 14.5. The molecule has 0 atom stereocenters. The largest absolute Gasteiger partial charge is 0.332 e. The number of anilines is 2. The van der Waals surface area contributed by atoms with Crippen LogP contribution in [0.15, 0.2) is 51.4 Å². The van der Waals surface area contributed by atoms with E-state index in [1.165, 1.54) is 5.56 Å². The molecule has 0 bridgehead atoms. The van der Waals surface area contributed by atoms with Crippen molar-refractivity contribution in [2.75, 3.05) is 10.6 Å². The highest BCUT2D eigenvalue weighted by molar-refractivity contribution is 9.10. The van der Waals surface area contributed by atoms with Crippen molar-refractivity contribution in [2.24, 2.45) is 0 Å². The van der Waals surface area contributed by atoms with E-state index in [0.717, 1.165) is 26.7 Å². The molecule has 2 aromatic carbocycles. The van der Waals surface area contributed by atoms with Crippen molar-refractivity contribution < 1.29 is 0 Å². The van der Waals surface area contributed by atoms with E-state index >= 15 is 0 Å². The first-order valence-corrected chi connectivity index (χ1v) is 8.20. The maximum absolute atomic E-state index is 5.35. The summed E-state index contributed by atoms with van der Waals surface area (Å²) < 4.78 is 2.12. The highest BCUT2D eigenvalue weighted by Crippen LogP contribution is 2.22. The molecule has 2 rings (SSSR count). The number of nitrogens with one attached hydrogen (secondary N) is 2. The van der Waals surface area contributed by atoms with Crippen molar-refractivity contribution in [1.82, 2.24) is 0 Å². The monoisotopic (exact) mass is 412 g/mol. The Balaban J connectivity index is 2.06. The van der Waals surface area contributed by atoms with E-state index in [2.05, 4.69) is 55.5 Å². The van der Waals surface area contributed by atoms with E-state index in [-0.39, 0.29) is 0 Å². The zero-order valence-electron chi connectivity index (χ0n) is 10.9. The van der Waals surface area contributed by atoms with Crippen molar-refractivity contribution in [3.63, 3.8) is 0 Å². The number of hydrogen-bond acceptors (Lipinski definition) is 1. The first-order valence-electron chi connectivity index (χ1n) is 6.20. The summed E-state index contributed by atoms with van der Waals surface area (Å²) in [5.41, 5.74) is 3.21. The highest BCUT2D eigenvalue weighted by atomic mass is 79.9. The normalized spacial score (nSPS) is 10.2. The Morgan fingerprint density at radius 3 is 2.30 bits per heavy atom. The van der Waals surface area contributed by atoms with Crippen LogP contribution in [0.25, 0.3) is 0 Å². The van der Waals surface area contributed by atoms with Gasteiger partial charge in [-0.15, -0.1) is 0 Å². The smallest absolute Gasteiger partial charge is 0.175 e. The second kappa shape index (κ2) is 7.20. The molecule has 104 valence electrons. The fourth-order valence-electron chi connectivity index (χ4n) is 1.79. The third kappa shape index (κ3) is 4.30. The van der Waals surface area contributed by atoms with Crippen molar-refractivity contribution in [3.05, 3.63) is 57.0 Å². The van der Waals surface area contributed by atoms with Gasteiger partial charge in [0.25, 0.3) is 0 Å². The van der Waals surface area contributed by atoms with E-state index in [1.807, 2.05) is 36.4 Å². The van der Waals surface area contributed by atoms with Gasteiger partial charge in [-0.1, -0.05) is 38.8 Å². The molecule has 0 aliphatic carbocycles. The number of hydrogen-bond donors (Lipinski definition) is 2. The van der Waals surface area contributed by atoms with Gasteiger partial charge in [0, 0.05) is 20.3 Å². The van der Waals surface area contributed by atoms with E-state index < -0.39 is 0 Å². The third-order valence-corrected chi connectivity index (χ3v) is 4.02. The van der Waals surface area contributed by atoms with Crippen LogP contribution >= 0.6 is 44.1 Å². The van der Waals surface area contributed by atoms with E-state index in [4.69, 9.17) is 12.2 Å². The lowest BCUT2D eigenvalue weighted by Crippen LogP contribution is -2.19. The predicted octanol–water partition coefficient (Wildman–Crippen LogP) is 5.58. The quantitative estimate of drug-likeness (QED) is 0.642. The highest BCUT2D eigenvalue weighted by Gasteiger charge is 2.04. The fraction of sp³-hybridized carbons (Fsp3) is 0.133. The summed E-state index contributed by atoms with van der Waals surface area (Å²) >= 11 is 12.2. The minimum absolute atomic E-state index is 0.587. The molecule has 0 fully saturated rings. The van der Waals surface area contributed by atoms with Crippen molar-refractivity contribution in [2.45, 2.75) is 13.3 Å². The van der Waals surface area contributed by atoms with E-state index in [9.17, 15) is 0 Å². The molecule has 0 radical (unpaired) electrons. The van der Waals surface area contributed by atoms with Gasteiger partial charge in [0.05, 0.1) is 0 Å². The molecule has 0 spiro atoms. The Hall–Kier alpha value is -0.910. The zero-order valence-corrected chi connectivity index (χ0v) is 14.9. The molecule has 20 heavy (non-hydrogen) atoms. The fourth-order valence-corrected chi connectivity index (χ4v) is 2.70. The van der Waals surface area contributed by atoms with Crippen LogP contribution in [-0.4, -0.2) is 5.11 Å². The van der Waals surface area contributed by atoms with Crippen LogP contribution in [0.2, 0.25) is 0 Å². The SMILES string of the molecule is CCc1cc(Br)ccc1NC(=S)Nc1ccc(Br)cc1. The number of benzene rings is 2. The van der Waals surface area contributed by atoms with Crippen LogP contribution in [0, 0.1) is 0 Å².